The number of ether oxygens (including phenoxy) is 2. The van der Waals surface area contributed by atoms with Crippen molar-refractivity contribution in [3.8, 4) is 17.1 Å². The molecule has 0 unspecified atom stereocenters. The summed E-state index contributed by atoms with van der Waals surface area (Å²) in [5.74, 6) is 1.70. The van der Waals surface area contributed by atoms with Gasteiger partial charge in [0.2, 0.25) is 0 Å². The molecule has 0 amide bonds. The van der Waals surface area contributed by atoms with Crippen LogP contribution in [0.25, 0.3) is 11.4 Å². The third kappa shape index (κ3) is 5.80. The molecule has 6 heteroatoms. The molecule has 1 aromatic heterocycles. The monoisotopic (exact) mass is 498 g/mol. The van der Waals surface area contributed by atoms with Gasteiger partial charge in [-0.2, -0.15) is 0 Å². The van der Waals surface area contributed by atoms with E-state index >= 15 is 0 Å². The van der Waals surface area contributed by atoms with Gasteiger partial charge in [0.05, 0.1) is 18.9 Å². The number of carbonyl (C=O) groups excluding carboxylic acids is 1. The highest BCUT2D eigenvalue weighted by molar-refractivity contribution is 9.10. The number of rotatable bonds is 5. The van der Waals surface area contributed by atoms with Crippen LogP contribution in [0.4, 0.5) is 0 Å². The highest BCUT2D eigenvalue weighted by atomic mass is 79.9. The van der Waals surface area contributed by atoms with Crippen LogP contribution in [0.2, 0.25) is 0 Å². The molecule has 1 aliphatic rings. The Hall–Kier alpha value is -2.60. The zero-order chi connectivity index (χ0) is 23.1. The van der Waals surface area contributed by atoms with Gasteiger partial charge in [-0.1, -0.05) is 48.0 Å². The average molecular weight is 499 g/mol. The quantitative estimate of drug-likeness (QED) is 0.414. The third-order valence-corrected chi connectivity index (χ3v) is 6.06. The lowest BCUT2D eigenvalue weighted by Gasteiger charge is -2.16. The molecule has 0 aliphatic carbocycles. The lowest BCUT2D eigenvalue weighted by atomic mass is 9.99. The molecule has 0 fully saturated rings. The molecule has 2 aromatic carbocycles. The summed E-state index contributed by atoms with van der Waals surface area (Å²) in [6.45, 7) is 7.06. The van der Waals surface area contributed by atoms with Gasteiger partial charge in [-0.25, -0.2) is 4.98 Å². The maximum Gasteiger partial charge on any atom is 0.306 e. The van der Waals surface area contributed by atoms with Crippen molar-refractivity contribution in [3.63, 3.8) is 0 Å². The van der Waals surface area contributed by atoms with Gasteiger partial charge in [-0.05, 0) is 48.7 Å². The second-order valence-electron chi connectivity index (χ2n) is 7.53. The largest absolute Gasteiger partial charge is 0.493 e. The van der Waals surface area contributed by atoms with Crippen LogP contribution in [-0.2, 0) is 35.8 Å². The van der Waals surface area contributed by atoms with Gasteiger partial charge >= 0.3 is 5.97 Å². The van der Waals surface area contributed by atoms with E-state index in [0.29, 0.717) is 19.6 Å². The van der Waals surface area contributed by atoms with Crippen LogP contribution in [0.3, 0.4) is 0 Å². The summed E-state index contributed by atoms with van der Waals surface area (Å²) in [6.07, 6.45) is 2.67. The van der Waals surface area contributed by atoms with E-state index in [1.807, 2.05) is 39.0 Å². The van der Waals surface area contributed by atoms with Gasteiger partial charge in [0.1, 0.15) is 11.6 Å². The molecular weight excluding hydrogens is 468 g/mol. The second kappa shape index (κ2) is 11.3. The van der Waals surface area contributed by atoms with Gasteiger partial charge < -0.3 is 14.0 Å². The molecule has 4 rings (SSSR count). The number of carbonyl (C=O) groups is 1. The fourth-order valence-electron chi connectivity index (χ4n) is 3.89. The number of fused-ring (bicyclic) bond motifs is 1. The Morgan fingerprint density at radius 3 is 2.56 bits per heavy atom. The topological polar surface area (TPSA) is 53.4 Å². The van der Waals surface area contributed by atoms with E-state index in [0.717, 1.165) is 46.6 Å². The number of hydrogen-bond acceptors (Lipinski definition) is 4. The van der Waals surface area contributed by atoms with Crippen LogP contribution >= 0.6 is 15.9 Å². The van der Waals surface area contributed by atoms with E-state index in [1.54, 1.807) is 0 Å². The Labute approximate surface area is 198 Å². The SMILES string of the molecule is CC.Cc1nc(-c2ccc(Br)cc2)n(C)c1CCOc1ccc2c(c1)CCOC(=O)CC2. The molecule has 1 aliphatic heterocycles. The molecule has 5 nitrogen and oxygen atoms in total. The number of esters is 1. The predicted octanol–water partition coefficient (Wildman–Crippen LogP) is 5.84. The lowest BCUT2D eigenvalue weighted by Crippen LogP contribution is -2.14. The summed E-state index contributed by atoms with van der Waals surface area (Å²) in [6, 6.07) is 14.4. The number of nitrogens with zero attached hydrogens (tertiary/aromatic N) is 2. The number of halogens is 1. The van der Waals surface area contributed by atoms with Crippen molar-refractivity contribution in [1.29, 1.82) is 0 Å². The Morgan fingerprint density at radius 1 is 1.06 bits per heavy atom. The molecule has 0 saturated heterocycles. The standard InChI is InChI=1S/C24H25BrN2O3.C2H6/c1-16-22(27(2)24(26-16)18-3-7-20(25)8-4-18)12-14-29-21-9-5-17-6-10-23(28)30-13-11-19(17)15-21;1-2/h3-5,7-9,15H,6,10-14H2,1-2H3;1-2H3. The van der Waals surface area contributed by atoms with Crippen LogP contribution < -0.4 is 4.74 Å². The molecule has 0 radical (unpaired) electrons. The fraction of sp³-hybridized carbons (Fsp3) is 0.385. The van der Waals surface area contributed by atoms with Gasteiger partial charge in [-0.15, -0.1) is 0 Å². The first-order valence-corrected chi connectivity index (χ1v) is 12.0. The molecule has 0 bridgehead atoms. The number of aryl methyl sites for hydroxylation is 2. The Balaban J connectivity index is 0.00000141. The molecule has 0 N–H and O–H groups in total. The van der Waals surface area contributed by atoms with Crippen molar-refractivity contribution in [1.82, 2.24) is 9.55 Å². The van der Waals surface area contributed by atoms with Crippen molar-refractivity contribution < 1.29 is 14.3 Å². The summed E-state index contributed by atoms with van der Waals surface area (Å²) >= 11 is 3.48. The van der Waals surface area contributed by atoms with E-state index in [9.17, 15) is 4.79 Å². The average Bonchev–Trinajstić information content (AvgIpc) is 3.07. The van der Waals surface area contributed by atoms with Gasteiger partial charge in [0.25, 0.3) is 0 Å². The van der Waals surface area contributed by atoms with Crippen LogP contribution in [0.15, 0.2) is 46.9 Å². The minimum Gasteiger partial charge on any atom is -0.493 e. The van der Waals surface area contributed by atoms with E-state index in [1.165, 1.54) is 16.8 Å². The maximum absolute atomic E-state index is 11.5. The summed E-state index contributed by atoms with van der Waals surface area (Å²) in [5, 5.41) is 0. The Morgan fingerprint density at radius 2 is 1.81 bits per heavy atom. The minimum atomic E-state index is -0.116. The van der Waals surface area contributed by atoms with Gasteiger partial charge in [0, 0.05) is 42.0 Å². The fourth-order valence-corrected chi connectivity index (χ4v) is 4.16. The number of hydrogen-bond donors (Lipinski definition) is 0. The van der Waals surface area contributed by atoms with E-state index in [4.69, 9.17) is 14.5 Å². The van der Waals surface area contributed by atoms with E-state index in [2.05, 4.69) is 51.8 Å². The van der Waals surface area contributed by atoms with E-state index in [-0.39, 0.29) is 5.97 Å². The molecule has 32 heavy (non-hydrogen) atoms. The number of benzene rings is 2. The molecular formula is C26H31BrN2O3. The first-order chi connectivity index (χ1) is 15.5. The van der Waals surface area contributed by atoms with Crippen molar-refractivity contribution in [2.75, 3.05) is 13.2 Å². The van der Waals surface area contributed by atoms with E-state index < -0.39 is 0 Å². The van der Waals surface area contributed by atoms with Crippen LogP contribution in [0.1, 0.15) is 42.8 Å². The van der Waals surface area contributed by atoms with Crippen LogP contribution in [0, 0.1) is 6.92 Å². The zero-order valence-electron chi connectivity index (χ0n) is 19.3. The van der Waals surface area contributed by atoms with Crippen LogP contribution in [0.5, 0.6) is 5.75 Å². The lowest BCUT2D eigenvalue weighted by molar-refractivity contribution is -0.143. The van der Waals surface area contributed by atoms with Crippen molar-refractivity contribution >= 4 is 21.9 Å². The molecule has 0 atom stereocenters. The highest BCUT2D eigenvalue weighted by Crippen LogP contribution is 2.25. The number of aromatic nitrogens is 2. The molecule has 0 saturated carbocycles. The van der Waals surface area contributed by atoms with Crippen molar-refractivity contribution in [3.05, 3.63) is 69.5 Å². The Bertz CT molecular complexity index is 1060. The first kappa shape index (κ1) is 24.1. The van der Waals surface area contributed by atoms with Crippen molar-refractivity contribution in [2.24, 2.45) is 7.05 Å². The number of imidazole rings is 1. The summed E-state index contributed by atoms with van der Waals surface area (Å²) in [5.41, 5.74) is 5.71. The second-order valence-corrected chi connectivity index (χ2v) is 8.45. The van der Waals surface area contributed by atoms with Crippen LogP contribution in [-0.4, -0.2) is 28.7 Å². The predicted molar refractivity (Wildman–Crippen MR) is 131 cm³/mol. The normalized spacial score (nSPS) is 13.2. The summed E-state index contributed by atoms with van der Waals surface area (Å²) < 4.78 is 14.5. The molecule has 0 spiro atoms. The molecule has 2 heterocycles. The van der Waals surface area contributed by atoms with Crippen molar-refractivity contribution in [2.45, 2.75) is 46.5 Å². The maximum atomic E-state index is 11.5. The highest BCUT2D eigenvalue weighted by Gasteiger charge is 2.15. The molecule has 3 aromatic rings. The minimum absolute atomic E-state index is 0.116. The number of cyclic esters (lactones) is 1. The first-order valence-electron chi connectivity index (χ1n) is 11.2. The van der Waals surface area contributed by atoms with Gasteiger partial charge in [0.15, 0.2) is 0 Å². The Kier molecular flexibility index (Phi) is 8.51. The molecule has 170 valence electrons. The third-order valence-electron chi connectivity index (χ3n) is 5.53. The smallest absolute Gasteiger partial charge is 0.306 e. The van der Waals surface area contributed by atoms with Gasteiger partial charge in [-0.3, -0.25) is 4.79 Å². The summed E-state index contributed by atoms with van der Waals surface area (Å²) in [7, 11) is 2.05. The summed E-state index contributed by atoms with van der Waals surface area (Å²) in [4.78, 5) is 16.3. The zero-order valence-corrected chi connectivity index (χ0v) is 20.9.